The van der Waals surface area contributed by atoms with Crippen LogP contribution in [0.4, 0.5) is 0 Å². The van der Waals surface area contributed by atoms with Gasteiger partial charge in [-0.1, -0.05) is 270 Å². The van der Waals surface area contributed by atoms with Crippen LogP contribution in [0, 0.1) is 0 Å². The van der Waals surface area contributed by atoms with E-state index in [9.17, 15) is 9.59 Å². The van der Waals surface area contributed by atoms with Gasteiger partial charge in [0.05, 0.1) is 7.11 Å². The summed E-state index contributed by atoms with van der Waals surface area (Å²) in [5.41, 5.74) is 0. The van der Waals surface area contributed by atoms with Crippen molar-refractivity contribution in [2.75, 3.05) is 7.11 Å². The first-order chi connectivity index (χ1) is 26.2. The van der Waals surface area contributed by atoms with Gasteiger partial charge in [-0.25, -0.2) is 0 Å². The molecule has 0 aliphatic carbocycles. The largest absolute Gasteiger partial charge is 0.481 e. The lowest BCUT2D eigenvalue weighted by atomic mass is 10.0. The summed E-state index contributed by atoms with van der Waals surface area (Å²) in [4.78, 5) is 21.6. The first kappa shape index (κ1) is 51.9. The van der Waals surface area contributed by atoms with Crippen molar-refractivity contribution >= 4 is 11.9 Å². The standard InChI is InChI=1S/C49H96O4/c1-53-49(52)47-45-43-41-39-37-35-33-31-29-27-25-23-21-19-17-15-13-11-9-7-5-3-2-4-6-8-10-12-14-16-18-20-22-24-26-28-30-32-34-36-38-40-42-44-46-48(50)51/h2-47H2,1H3,(H,50,51). The SMILES string of the molecule is COC(=O)CCCCCCCCCCCCCCCCCCCCCCCCCCCCCCCCCCCCCCCCCCCCCCC(=O)O. The summed E-state index contributed by atoms with van der Waals surface area (Å²) in [6.45, 7) is 0. The number of carbonyl (C=O) groups excluding carboxylic acids is 1. The third kappa shape index (κ3) is 48.9. The van der Waals surface area contributed by atoms with E-state index < -0.39 is 5.97 Å². The lowest BCUT2D eigenvalue weighted by Gasteiger charge is -2.05. The van der Waals surface area contributed by atoms with Gasteiger partial charge in [0.15, 0.2) is 0 Å². The van der Waals surface area contributed by atoms with Crippen LogP contribution in [0.1, 0.15) is 295 Å². The molecular weight excluding hydrogens is 653 g/mol. The molecule has 0 saturated carbocycles. The van der Waals surface area contributed by atoms with Gasteiger partial charge in [-0.15, -0.1) is 0 Å². The molecule has 4 nitrogen and oxygen atoms in total. The van der Waals surface area contributed by atoms with Gasteiger partial charge in [0.2, 0.25) is 0 Å². The zero-order chi connectivity index (χ0) is 38.4. The van der Waals surface area contributed by atoms with Gasteiger partial charge >= 0.3 is 11.9 Å². The smallest absolute Gasteiger partial charge is 0.305 e. The van der Waals surface area contributed by atoms with E-state index in [-0.39, 0.29) is 5.97 Å². The van der Waals surface area contributed by atoms with E-state index in [2.05, 4.69) is 0 Å². The van der Waals surface area contributed by atoms with Crippen molar-refractivity contribution in [3.63, 3.8) is 0 Å². The molecule has 0 bridgehead atoms. The molecular formula is C49H96O4. The van der Waals surface area contributed by atoms with E-state index >= 15 is 0 Å². The first-order valence-electron chi connectivity index (χ1n) is 24.5. The van der Waals surface area contributed by atoms with Gasteiger partial charge in [-0.05, 0) is 12.8 Å². The fourth-order valence-corrected chi connectivity index (χ4v) is 8.07. The summed E-state index contributed by atoms with van der Waals surface area (Å²) in [6, 6.07) is 0. The van der Waals surface area contributed by atoms with Crippen molar-refractivity contribution < 1.29 is 19.4 Å². The Kier molecular flexibility index (Phi) is 46.2. The summed E-state index contributed by atoms with van der Waals surface area (Å²) in [6.07, 6.45) is 62.1. The minimum atomic E-state index is -0.649. The zero-order valence-electron chi connectivity index (χ0n) is 36.2. The molecule has 0 atom stereocenters. The minimum Gasteiger partial charge on any atom is -0.481 e. The molecule has 0 spiro atoms. The maximum Gasteiger partial charge on any atom is 0.305 e. The van der Waals surface area contributed by atoms with Crippen LogP contribution in [-0.4, -0.2) is 24.2 Å². The molecule has 0 unspecified atom stereocenters. The van der Waals surface area contributed by atoms with Crippen molar-refractivity contribution in [2.45, 2.75) is 295 Å². The number of rotatable bonds is 47. The Labute approximate surface area is 332 Å². The minimum absolute atomic E-state index is 0.0621. The molecule has 0 amide bonds. The van der Waals surface area contributed by atoms with Crippen molar-refractivity contribution in [2.24, 2.45) is 0 Å². The van der Waals surface area contributed by atoms with E-state index in [0.717, 1.165) is 19.3 Å². The van der Waals surface area contributed by atoms with Crippen LogP contribution in [0.3, 0.4) is 0 Å². The highest BCUT2D eigenvalue weighted by Gasteiger charge is 2.01. The Morgan fingerprint density at radius 3 is 0.528 bits per heavy atom. The number of esters is 1. The lowest BCUT2D eigenvalue weighted by molar-refractivity contribution is -0.141. The predicted octanol–water partition coefficient (Wildman–Crippen LogP) is 17.2. The Morgan fingerprint density at radius 2 is 0.396 bits per heavy atom. The molecule has 0 aromatic heterocycles. The van der Waals surface area contributed by atoms with E-state index in [4.69, 9.17) is 9.84 Å². The molecule has 0 radical (unpaired) electrons. The Bertz CT molecular complexity index is 707. The van der Waals surface area contributed by atoms with Crippen LogP contribution in [0.2, 0.25) is 0 Å². The summed E-state index contributed by atoms with van der Waals surface area (Å²) in [5, 5.41) is 8.66. The van der Waals surface area contributed by atoms with Crippen LogP contribution < -0.4 is 0 Å². The molecule has 0 rings (SSSR count). The highest BCUT2D eigenvalue weighted by atomic mass is 16.5. The van der Waals surface area contributed by atoms with Gasteiger partial charge in [-0.2, -0.15) is 0 Å². The Hall–Kier alpha value is -1.06. The topological polar surface area (TPSA) is 63.6 Å². The normalized spacial score (nSPS) is 11.4. The van der Waals surface area contributed by atoms with Crippen molar-refractivity contribution in [1.29, 1.82) is 0 Å². The molecule has 0 fully saturated rings. The lowest BCUT2D eigenvalue weighted by Crippen LogP contribution is -1.99. The van der Waals surface area contributed by atoms with Gasteiger partial charge < -0.3 is 9.84 Å². The molecule has 0 saturated heterocycles. The summed E-state index contributed by atoms with van der Waals surface area (Å²) < 4.78 is 4.69. The summed E-state index contributed by atoms with van der Waals surface area (Å²) in [7, 11) is 1.48. The maximum atomic E-state index is 11.1. The number of unbranched alkanes of at least 4 members (excludes halogenated alkanes) is 43. The first-order valence-corrected chi connectivity index (χ1v) is 24.5. The number of carboxylic acid groups (broad SMARTS) is 1. The number of ether oxygens (including phenoxy) is 1. The molecule has 1 N–H and O–H groups in total. The van der Waals surface area contributed by atoms with E-state index in [0.29, 0.717) is 12.8 Å². The molecule has 0 aromatic carbocycles. The van der Waals surface area contributed by atoms with E-state index in [1.807, 2.05) is 0 Å². The second kappa shape index (κ2) is 47.1. The number of hydrogen-bond donors (Lipinski definition) is 1. The van der Waals surface area contributed by atoms with Crippen LogP contribution >= 0.6 is 0 Å². The average molecular weight is 749 g/mol. The van der Waals surface area contributed by atoms with Gasteiger partial charge in [0.1, 0.15) is 0 Å². The van der Waals surface area contributed by atoms with Crippen LogP contribution in [0.5, 0.6) is 0 Å². The molecule has 4 heteroatoms. The highest BCUT2D eigenvalue weighted by Crippen LogP contribution is 2.18. The number of hydrogen-bond acceptors (Lipinski definition) is 3. The van der Waals surface area contributed by atoms with Crippen molar-refractivity contribution in [3.05, 3.63) is 0 Å². The van der Waals surface area contributed by atoms with Crippen LogP contribution in [0.15, 0.2) is 0 Å². The molecule has 0 heterocycles. The quantitative estimate of drug-likeness (QED) is 0.0497. The van der Waals surface area contributed by atoms with E-state index in [1.165, 1.54) is 270 Å². The number of methoxy groups -OCH3 is 1. The second-order valence-corrected chi connectivity index (χ2v) is 17.0. The molecule has 316 valence electrons. The summed E-state index contributed by atoms with van der Waals surface area (Å²) in [5.74, 6) is -0.711. The number of carbonyl (C=O) groups is 2. The molecule has 53 heavy (non-hydrogen) atoms. The second-order valence-electron chi connectivity index (χ2n) is 17.0. The average Bonchev–Trinajstić information content (AvgIpc) is 3.16. The van der Waals surface area contributed by atoms with Crippen LogP contribution in [-0.2, 0) is 14.3 Å². The van der Waals surface area contributed by atoms with Crippen LogP contribution in [0.25, 0.3) is 0 Å². The number of aliphatic carboxylic acids is 1. The van der Waals surface area contributed by atoms with Crippen molar-refractivity contribution in [3.8, 4) is 0 Å². The monoisotopic (exact) mass is 749 g/mol. The molecule has 0 aliphatic heterocycles. The van der Waals surface area contributed by atoms with Gasteiger partial charge in [-0.3, -0.25) is 9.59 Å². The fourth-order valence-electron chi connectivity index (χ4n) is 8.07. The van der Waals surface area contributed by atoms with E-state index in [1.54, 1.807) is 0 Å². The van der Waals surface area contributed by atoms with Crippen molar-refractivity contribution in [1.82, 2.24) is 0 Å². The zero-order valence-corrected chi connectivity index (χ0v) is 36.2. The number of carboxylic acids is 1. The third-order valence-electron chi connectivity index (χ3n) is 11.7. The fraction of sp³-hybridized carbons (Fsp3) is 0.959. The summed E-state index contributed by atoms with van der Waals surface area (Å²) >= 11 is 0. The predicted molar refractivity (Wildman–Crippen MR) is 232 cm³/mol. The molecule has 0 aliphatic rings. The third-order valence-corrected chi connectivity index (χ3v) is 11.7. The maximum absolute atomic E-state index is 11.1. The van der Waals surface area contributed by atoms with Gasteiger partial charge in [0.25, 0.3) is 0 Å². The Balaban J connectivity index is 3.06. The molecule has 0 aromatic rings. The highest BCUT2D eigenvalue weighted by molar-refractivity contribution is 5.69. The van der Waals surface area contributed by atoms with Gasteiger partial charge in [0, 0.05) is 12.8 Å². The Morgan fingerprint density at radius 1 is 0.264 bits per heavy atom.